The van der Waals surface area contributed by atoms with Crippen molar-refractivity contribution in [3.05, 3.63) is 22.8 Å². The van der Waals surface area contributed by atoms with Gasteiger partial charge in [-0.05, 0) is 12.5 Å². The predicted octanol–water partition coefficient (Wildman–Crippen LogP) is 2.63. The molecular formula is C12H16ClNO4. The number of carboxylic acid groups (broad SMARTS) is 1. The molecule has 5 nitrogen and oxygen atoms in total. The molecule has 0 unspecified atom stereocenters. The highest BCUT2D eigenvalue weighted by Crippen LogP contribution is 2.17. The Morgan fingerprint density at radius 2 is 2.17 bits per heavy atom. The first-order chi connectivity index (χ1) is 8.65. The Balaban J connectivity index is 2.38. The van der Waals surface area contributed by atoms with Gasteiger partial charge in [-0.1, -0.05) is 24.9 Å². The standard InChI is InChI=1S/C12H16ClNO4/c1-2-3-6-17-7-8-18-10-5-4-9(13)11(14-10)12(15)16/h4-5H,2-3,6-8H2,1H3,(H,15,16). The van der Waals surface area contributed by atoms with Gasteiger partial charge in [0.15, 0.2) is 5.69 Å². The SMILES string of the molecule is CCCCOCCOc1ccc(Cl)c(C(=O)O)n1. The maximum atomic E-state index is 10.8. The molecule has 0 aliphatic heterocycles. The van der Waals surface area contributed by atoms with Gasteiger partial charge in [0.25, 0.3) is 0 Å². The first kappa shape index (κ1) is 14.7. The van der Waals surface area contributed by atoms with E-state index in [4.69, 9.17) is 26.2 Å². The molecular weight excluding hydrogens is 258 g/mol. The number of carbonyl (C=O) groups is 1. The molecule has 0 atom stereocenters. The van der Waals surface area contributed by atoms with Crippen LogP contribution < -0.4 is 4.74 Å². The van der Waals surface area contributed by atoms with Crippen LogP contribution in [0, 0.1) is 0 Å². The van der Waals surface area contributed by atoms with Crippen LogP contribution in [-0.2, 0) is 4.74 Å². The summed E-state index contributed by atoms with van der Waals surface area (Å²) >= 11 is 5.69. The number of ether oxygens (including phenoxy) is 2. The van der Waals surface area contributed by atoms with Crippen molar-refractivity contribution in [2.75, 3.05) is 19.8 Å². The van der Waals surface area contributed by atoms with E-state index in [0.29, 0.717) is 19.8 Å². The topological polar surface area (TPSA) is 68.7 Å². The molecule has 1 N–H and O–H groups in total. The zero-order valence-corrected chi connectivity index (χ0v) is 10.9. The van der Waals surface area contributed by atoms with Crippen LogP contribution in [0.2, 0.25) is 5.02 Å². The molecule has 100 valence electrons. The van der Waals surface area contributed by atoms with Gasteiger partial charge in [-0.3, -0.25) is 0 Å². The van der Waals surface area contributed by atoms with E-state index in [2.05, 4.69) is 11.9 Å². The Kier molecular flexibility index (Phi) is 6.46. The lowest BCUT2D eigenvalue weighted by Crippen LogP contribution is -2.10. The summed E-state index contributed by atoms with van der Waals surface area (Å²) in [5.74, 6) is -0.944. The Morgan fingerprint density at radius 3 is 2.83 bits per heavy atom. The van der Waals surface area contributed by atoms with Crippen molar-refractivity contribution >= 4 is 17.6 Å². The van der Waals surface area contributed by atoms with Gasteiger partial charge in [-0.15, -0.1) is 0 Å². The molecule has 0 saturated carbocycles. The van der Waals surface area contributed by atoms with E-state index >= 15 is 0 Å². The van der Waals surface area contributed by atoms with Crippen molar-refractivity contribution in [1.82, 2.24) is 4.98 Å². The van der Waals surface area contributed by atoms with Crippen LogP contribution in [0.1, 0.15) is 30.3 Å². The van der Waals surface area contributed by atoms with Crippen LogP contribution in [0.5, 0.6) is 5.88 Å². The monoisotopic (exact) mass is 273 g/mol. The summed E-state index contributed by atoms with van der Waals surface area (Å²) in [7, 11) is 0. The quantitative estimate of drug-likeness (QED) is 0.738. The number of hydrogen-bond acceptors (Lipinski definition) is 4. The van der Waals surface area contributed by atoms with E-state index in [1.54, 1.807) is 0 Å². The first-order valence-corrected chi connectivity index (χ1v) is 6.13. The van der Waals surface area contributed by atoms with E-state index in [-0.39, 0.29) is 16.6 Å². The minimum atomic E-state index is -1.18. The lowest BCUT2D eigenvalue weighted by atomic mass is 10.3. The molecule has 0 radical (unpaired) electrons. The van der Waals surface area contributed by atoms with Crippen molar-refractivity contribution in [3.63, 3.8) is 0 Å². The molecule has 0 spiro atoms. The molecule has 1 aromatic rings. The summed E-state index contributed by atoms with van der Waals surface area (Å²) in [6.45, 7) is 3.57. The zero-order valence-electron chi connectivity index (χ0n) is 10.2. The molecule has 0 amide bonds. The Hall–Kier alpha value is -1.33. The van der Waals surface area contributed by atoms with Gasteiger partial charge in [0, 0.05) is 12.7 Å². The third kappa shape index (κ3) is 4.89. The van der Waals surface area contributed by atoms with Crippen molar-refractivity contribution in [2.24, 2.45) is 0 Å². The van der Waals surface area contributed by atoms with Crippen molar-refractivity contribution in [3.8, 4) is 5.88 Å². The molecule has 18 heavy (non-hydrogen) atoms. The van der Waals surface area contributed by atoms with Crippen molar-refractivity contribution in [1.29, 1.82) is 0 Å². The Morgan fingerprint density at radius 1 is 1.39 bits per heavy atom. The number of aromatic nitrogens is 1. The van der Waals surface area contributed by atoms with Gasteiger partial charge in [-0.25, -0.2) is 9.78 Å². The number of pyridine rings is 1. The van der Waals surface area contributed by atoms with E-state index in [9.17, 15) is 4.79 Å². The van der Waals surface area contributed by atoms with Gasteiger partial charge < -0.3 is 14.6 Å². The molecule has 0 fully saturated rings. The molecule has 0 saturated heterocycles. The molecule has 6 heteroatoms. The maximum absolute atomic E-state index is 10.8. The van der Waals surface area contributed by atoms with Gasteiger partial charge in [0.05, 0.1) is 11.6 Å². The van der Waals surface area contributed by atoms with Gasteiger partial charge in [-0.2, -0.15) is 0 Å². The molecule has 0 aromatic carbocycles. The van der Waals surface area contributed by atoms with E-state index in [1.807, 2.05) is 0 Å². The Labute approximate surface area is 111 Å². The van der Waals surface area contributed by atoms with Crippen LogP contribution >= 0.6 is 11.6 Å². The van der Waals surface area contributed by atoms with Crippen LogP contribution in [0.4, 0.5) is 0 Å². The molecule has 0 aliphatic carbocycles. The first-order valence-electron chi connectivity index (χ1n) is 5.75. The fraction of sp³-hybridized carbons (Fsp3) is 0.500. The summed E-state index contributed by atoms with van der Waals surface area (Å²) in [4.78, 5) is 14.6. The largest absolute Gasteiger partial charge is 0.476 e. The third-order valence-corrected chi connectivity index (χ3v) is 2.45. The van der Waals surface area contributed by atoms with E-state index < -0.39 is 5.97 Å². The van der Waals surface area contributed by atoms with Crippen molar-refractivity contribution < 1.29 is 19.4 Å². The van der Waals surface area contributed by atoms with Crippen LogP contribution in [0.3, 0.4) is 0 Å². The van der Waals surface area contributed by atoms with Crippen LogP contribution in [0.15, 0.2) is 12.1 Å². The second-order valence-electron chi connectivity index (χ2n) is 3.60. The second kappa shape index (κ2) is 7.89. The second-order valence-corrected chi connectivity index (χ2v) is 4.01. The number of nitrogens with zero attached hydrogens (tertiary/aromatic N) is 1. The molecule has 1 heterocycles. The van der Waals surface area contributed by atoms with Crippen molar-refractivity contribution in [2.45, 2.75) is 19.8 Å². The number of aromatic carboxylic acids is 1. The van der Waals surface area contributed by atoms with E-state index in [1.165, 1.54) is 12.1 Å². The average molecular weight is 274 g/mol. The third-order valence-electron chi connectivity index (χ3n) is 2.14. The summed E-state index contributed by atoms with van der Waals surface area (Å²) < 4.78 is 10.6. The summed E-state index contributed by atoms with van der Waals surface area (Å²) in [5.41, 5.74) is -0.207. The lowest BCUT2D eigenvalue weighted by molar-refractivity contribution is 0.0688. The highest BCUT2D eigenvalue weighted by molar-refractivity contribution is 6.33. The number of rotatable bonds is 8. The normalized spacial score (nSPS) is 10.3. The number of unbranched alkanes of at least 4 members (excludes halogenated alkanes) is 1. The van der Waals surface area contributed by atoms with Crippen LogP contribution in [0.25, 0.3) is 0 Å². The van der Waals surface area contributed by atoms with Gasteiger partial charge in [0.2, 0.25) is 5.88 Å². The Bertz CT molecular complexity index is 398. The number of halogens is 1. The molecule has 0 bridgehead atoms. The fourth-order valence-corrected chi connectivity index (χ4v) is 1.39. The number of hydrogen-bond donors (Lipinski definition) is 1. The minimum Gasteiger partial charge on any atom is -0.476 e. The maximum Gasteiger partial charge on any atom is 0.356 e. The average Bonchev–Trinajstić information content (AvgIpc) is 2.35. The molecule has 0 aliphatic rings. The van der Waals surface area contributed by atoms with Gasteiger partial charge >= 0.3 is 5.97 Å². The molecule has 1 rings (SSSR count). The van der Waals surface area contributed by atoms with E-state index in [0.717, 1.165) is 12.8 Å². The summed E-state index contributed by atoms with van der Waals surface area (Å²) in [5, 5.41) is 8.92. The summed E-state index contributed by atoms with van der Waals surface area (Å²) in [6, 6.07) is 2.98. The highest BCUT2D eigenvalue weighted by atomic mass is 35.5. The smallest absolute Gasteiger partial charge is 0.356 e. The minimum absolute atomic E-state index is 0.0917. The van der Waals surface area contributed by atoms with Gasteiger partial charge in [0.1, 0.15) is 6.61 Å². The zero-order chi connectivity index (χ0) is 13.4. The predicted molar refractivity (Wildman–Crippen MR) is 67.4 cm³/mol. The fourth-order valence-electron chi connectivity index (χ4n) is 1.21. The molecule has 1 aromatic heterocycles. The summed E-state index contributed by atoms with van der Waals surface area (Å²) in [6.07, 6.45) is 2.10. The number of carboxylic acids is 1. The van der Waals surface area contributed by atoms with Crippen LogP contribution in [-0.4, -0.2) is 35.9 Å². The highest BCUT2D eigenvalue weighted by Gasteiger charge is 2.11. The lowest BCUT2D eigenvalue weighted by Gasteiger charge is -2.07.